The Hall–Kier alpha value is -3.07. The molecule has 1 N–H and O–H groups in total. The normalized spacial score (nSPS) is 18.4. The van der Waals surface area contributed by atoms with Gasteiger partial charge in [-0.25, -0.2) is 5.06 Å². The van der Waals surface area contributed by atoms with Gasteiger partial charge in [-0.1, -0.05) is 85.4 Å². The summed E-state index contributed by atoms with van der Waals surface area (Å²) < 4.78 is 61.8. The predicted molar refractivity (Wildman–Crippen MR) is 182 cm³/mol. The third-order valence-electron chi connectivity index (χ3n) is 7.13. The van der Waals surface area contributed by atoms with E-state index in [1.807, 2.05) is 61.5 Å². The van der Waals surface area contributed by atoms with Crippen LogP contribution >= 0.6 is 23.5 Å². The van der Waals surface area contributed by atoms with Crippen LogP contribution in [0.25, 0.3) is 6.08 Å². The number of hydrogen-bond acceptors (Lipinski definition) is 10. The second-order valence-corrected chi connectivity index (χ2v) is 15.8. The molecule has 3 aliphatic rings. The highest BCUT2D eigenvalue weighted by molar-refractivity contribution is 8.03. The minimum Gasteiger partial charge on any atom is -0.335 e. The van der Waals surface area contributed by atoms with Crippen molar-refractivity contribution in [3.05, 3.63) is 101 Å². The first-order valence-corrected chi connectivity index (χ1v) is 19.5. The Balaban J connectivity index is 1.34. The van der Waals surface area contributed by atoms with Gasteiger partial charge < -0.3 is 4.90 Å². The topological polar surface area (TPSA) is 121 Å². The van der Waals surface area contributed by atoms with E-state index in [9.17, 15) is 21.6 Å². The molecule has 0 aromatic heterocycles. The van der Waals surface area contributed by atoms with Crippen LogP contribution < -0.4 is 9.96 Å². The Morgan fingerprint density at radius 3 is 2.53 bits per heavy atom. The van der Waals surface area contributed by atoms with Crippen LogP contribution in [0.2, 0.25) is 0 Å². The number of allylic oxidation sites excluding steroid dienone is 8. The third-order valence-corrected chi connectivity index (χ3v) is 11.3. The number of hydrogen-bond donors (Lipinski definition) is 1. The van der Waals surface area contributed by atoms with Crippen molar-refractivity contribution in [2.45, 2.75) is 42.4 Å². The van der Waals surface area contributed by atoms with Crippen molar-refractivity contribution in [1.82, 2.24) is 0 Å². The van der Waals surface area contributed by atoms with Crippen molar-refractivity contribution >= 4 is 67.0 Å². The largest absolute Gasteiger partial charge is 0.335 e. The van der Waals surface area contributed by atoms with E-state index in [1.165, 1.54) is 22.9 Å². The summed E-state index contributed by atoms with van der Waals surface area (Å²) >= 11 is 3.10. The molecular weight excluding hydrogens is 653 g/mol. The van der Waals surface area contributed by atoms with Crippen LogP contribution in [0.1, 0.15) is 38.2 Å². The number of nitrogens with zero attached hydrogens (tertiary/aromatic N) is 2. The lowest BCUT2D eigenvalue weighted by atomic mass is 9.99. The van der Waals surface area contributed by atoms with E-state index in [2.05, 4.69) is 4.90 Å². The van der Waals surface area contributed by atoms with Gasteiger partial charge in [0.05, 0.1) is 33.8 Å². The molecule has 2 aliphatic heterocycles. The molecule has 1 aliphatic carbocycles. The number of unbranched alkanes of at least 4 members (excludes halogenated alkanes) is 2. The molecule has 0 saturated carbocycles. The molecule has 0 atom stereocenters. The summed E-state index contributed by atoms with van der Waals surface area (Å²) in [5, 5.41) is 2.38. The minimum atomic E-state index is -4.00. The molecule has 13 heteroatoms. The molecule has 0 radical (unpaired) electrons. The monoisotopic (exact) mass is 686 g/mol. The number of carbonyl (C=O) groups is 1. The number of fused-ring (bicyclic) bond motifs is 2. The average molecular weight is 687 g/mol. The van der Waals surface area contributed by atoms with Crippen LogP contribution in [0.15, 0.2) is 105 Å². The highest BCUT2D eigenvalue weighted by Crippen LogP contribution is 2.46. The van der Waals surface area contributed by atoms with Gasteiger partial charge in [-0.05, 0) is 61.3 Å². The standard InChI is InChI=1S/C32H34N2O7S4/c1-2-3-21-45(39,40)41-34-23-42-30-12-8-9-25(32(30)34)15-16-26-22-24(13-17-28(26)35)14-18-31-33(19-6-7-20-44(36,37)38)27-10-4-5-11-29(27)43-31/h4-5,8-18,22H,2-3,6-7,19-21,23H2,1H3,(H,36,37,38)/b16-15+,24-14+,31-18-. The number of thioether (sulfide) groups is 2. The third kappa shape index (κ3) is 8.81. The lowest BCUT2D eigenvalue weighted by Gasteiger charge is -2.20. The van der Waals surface area contributed by atoms with E-state index in [4.69, 9.17) is 8.84 Å². The van der Waals surface area contributed by atoms with E-state index in [1.54, 1.807) is 36.1 Å². The van der Waals surface area contributed by atoms with Gasteiger partial charge in [-0.3, -0.25) is 9.35 Å². The van der Waals surface area contributed by atoms with Crippen LogP contribution in [-0.2, 0) is 29.3 Å². The number of hydroxylamine groups is 1. The summed E-state index contributed by atoms with van der Waals surface area (Å²) in [5.41, 5.74) is 3.75. The maximum Gasteiger partial charge on any atom is 0.288 e. The Kier molecular flexibility index (Phi) is 10.8. The van der Waals surface area contributed by atoms with Crippen LogP contribution in [0.4, 0.5) is 11.4 Å². The van der Waals surface area contributed by atoms with E-state index >= 15 is 0 Å². The van der Waals surface area contributed by atoms with Crippen molar-refractivity contribution in [2.24, 2.45) is 0 Å². The molecular formula is C32H34N2O7S4. The molecule has 0 fully saturated rings. The number of carbonyl (C=O) groups excluding carboxylic acids is 1. The first kappa shape index (κ1) is 33.3. The van der Waals surface area contributed by atoms with E-state index in [0.717, 1.165) is 38.1 Å². The molecule has 45 heavy (non-hydrogen) atoms. The Labute approximate surface area is 273 Å². The van der Waals surface area contributed by atoms with Gasteiger partial charge in [0.2, 0.25) is 0 Å². The van der Waals surface area contributed by atoms with Crippen LogP contribution in [0, 0.1) is 0 Å². The molecule has 238 valence electrons. The summed E-state index contributed by atoms with van der Waals surface area (Å²) in [6.07, 6.45) is 14.7. The highest BCUT2D eigenvalue weighted by Gasteiger charge is 2.28. The SMILES string of the molecule is CCCCS(=O)(=O)ON1CSc2cccc(/C=C/C3=CC(=C/C=C4\Sc5ccccc5N4CCCCS(=O)(=O)O)/C=CC3=O)c21. The van der Waals surface area contributed by atoms with E-state index < -0.39 is 20.2 Å². The fraction of sp³-hybridized carbons (Fsp3) is 0.281. The van der Waals surface area contributed by atoms with Crippen LogP contribution in [0.3, 0.4) is 0 Å². The lowest BCUT2D eigenvalue weighted by molar-refractivity contribution is -0.111. The first-order chi connectivity index (χ1) is 21.5. The number of anilines is 2. The summed E-state index contributed by atoms with van der Waals surface area (Å²) in [4.78, 5) is 16.9. The quantitative estimate of drug-likeness (QED) is 0.178. The molecule has 2 aromatic carbocycles. The highest BCUT2D eigenvalue weighted by atomic mass is 32.2. The molecule has 0 bridgehead atoms. The van der Waals surface area contributed by atoms with Gasteiger partial charge in [0, 0.05) is 27.5 Å². The summed E-state index contributed by atoms with van der Waals surface area (Å²) in [6.45, 7) is 2.52. The number of ketones is 1. The van der Waals surface area contributed by atoms with Crippen LogP contribution in [-0.4, -0.2) is 51.1 Å². The van der Waals surface area contributed by atoms with Gasteiger partial charge in [0.1, 0.15) is 0 Å². The molecule has 0 saturated heterocycles. The molecule has 0 unspecified atom stereocenters. The van der Waals surface area contributed by atoms with Crippen molar-refractivity contribution in [2.75, 3.05) is 33.9 Å². The molecule has 0 spiro atoms. The molecule has 2 aromatic rings. The fourth-order valence-corrected chi connectivity index (χ4v) is 8.73. The average Bonchev–Trinajstić information content (AvgIpc) is 3.57. The van der Waals surface area contributed by atoms with Crippen molar-refractivity contribution < 1.29 is 30.5 Å². The molecule has 0 amide bonds. The Morgan fingerprint density at radius 2 is 1.73 bits per heavy atom. The zero-order valence-electron chi connectivity index (χ0n) is 24.7. The predicted octanol–water partition coefficient (Wildman–Crippen LogP) is 6.74. The Morgan fingerprint density at radius 1 is 0.933 bits per heavy atom. The van der Waals surface area contributed by atoms with Gasteiger partial charge >= 0.3 is 0 Å². The van der Waals surface area contributed by atoms with Gasteiger partial charge in [-0.15, -0.1) is 4.28 Å². The minimum absolute atomic E-state index is 0.0482. The second-order valence-electron chi connectivity index (χ2n) is 10.6. The smallest absolute Gasteiger partial charge is 0.288 e. The lowest BCUT2D eigenvalue weighted by Crippen LogP contribution is -2.26. The second kappa shape index (κ2) is 14.6. The zero-order valence-corrected chi connectivity index (χ0v) is 27.9. The van der Waals surface area contributed by atoms with Gasteiger partial charge in [0.25, 0.3) is 20.2 Å². The summed E-state index contributed by atoms with van der Waals surface area (Å²) in [6, 6.07) is 13.7. The van der Waals surface area contributed by atoms with Crippen molar-refractivity contribution in [3.8, 4) is 0 Å². The molecule has 9 nitrogen and oxygen atoms in total. The van der Waals surface area contributed by atoms with E-state index in [-0.39, 0.29) is 17.3 Å². The van der Waals surface area contributed by atoms with Gasteiger partial charge in [0.15, 0.2) is 5.78 Å². The van der Waals surface area contributed by atoms with Crippen molar-refractivity contribution in [3.63, 3.8) is 0 Å². The number of para-hydroxylation sites is 2. The molecule has 5 rings (SSSR count). The first-order valence-electron chi connectivity index (χ1n) is 14.5. The van der Waals surface area contributed by atoms with Crippen molar-refractivity contribution in [1.29, 1.82) is 0 Å². The summed E-state index contributed by atoms with van der Waals surface area (Å²) in [7, 11) is -7.72. The maximum atomic E-state index is 12.8. The van der Waals surface area contributed by atoms with E-state index in [0.29, 0.717) is 42.9 Å². The fourth-order valence-electron chi connectivity index (χ4n) is 4.91. The van der Waals surface area contributed by atoms with Gasteiger partial charge in [-0.2, -0.15) is 16.8 Å². The Bertz CT molecular complexity index is 1830. The number of benzene rings is 2. The molecule has 2 heterocycles. The number of rotatable bonds is 13. The summed E-state index contributed by atoms with van der Waals surface area (Å²) in [5.74, 6) is -0.118. The van der Waals surface area contributed by atoms with Crippen LogP contribution in [0.5, 0.6) is 0 Å². The maximum absolute atomic E-state index is 12.8. The zero-order chi connectivity index (χ0) is 32.0.